The van der Waals surface area contributed by atoms with Gasteiger partial charge in [0, 0.05) is 13.2 Å². The van der Waals surface area contributed by atoms with Crippen LogP contribution in [-0.4, -0.2) is 24.1 Å². The SMILES string of the molecule is CNc1nccc(Nc2c(C#N)cccc2OC)n1. The Kier molecular flexibility index (Phi) is 3.78. The number of nitrogens with one attached hydrogen (secondary N) is 2. The molecule has 0 fully saturated rings. The summed E-state index contributed by atoms with van der Waals surface area (Å²) in [4.78, 5) is 8.27. The Morgan fingerprint density at radius 3 is 2.84 bits per heavy atom. The van der Waals surface area contributed by atoms with Crippen LogP contribution in [0.4, 0.5) is 17.5 Å². The molecule has 1 aromatic heterocycles. The summed E-state index contributed by atoms with van der Waals surface area (Å²) in [5, 5.41) is 15.1. The van der Waals surface area contributed by atoms with Crippen molar-refractivity contribution < 1.29 is 4.74 Å². The summed E-state index contributed by atoms with van der Waals surface area (Å²) in [6.45, 7) is 0. The highest BCUT2D eigenvalue weighted by atomic mass is 16.5. The Bertz CT molecular complexity index is 621. The Labute approximate surface area is 111 Å². The van der Waals surface area contributed by atoms with Gasteiger partial charge in [0.05, 0.1) is 12.7 Å². The van der Waals surface area contributed by atoms with Crippen molar-refractivity contribution in [3.63, 3.8) is 0 Å². The highest BCUT2D eigenvalue weighted by molar-refractivity contribution is 5.71. The van der Waals surface area contributed by atoms with Crippen LogP contribution in [0.3, 0.4) is 0 Å². The van der Waals surface area contributed by atoms with Crippen molar-refractivity contribution in [3.8, 4) is 11.8 Å². The molecule has 0 saturated carbocycles. The molecule has 2 rings (SSSR count). The fourth-order valence-electron chi connectivity index (χ4n) is 1.60. The summed E-state index contributed by atoms with van der Waals surface area (Å²) in [6, 6.07) is 9.09. The Balaban J connectivity index is 2.39. The van der Waals surface area contributed by atoms with Crippen LogP contribution in [0.1, 0.15) is 5.56 Å². The second-order valence-electron chi connectivity index (χ2n) is 3.64. The standard InChI is InChI=1S/C13H13N5O/c1-15-13-16-7-6-11(18-13)17-12-9(8-14)4-3-5-10(12)19-2/h3-7H,1-2H3,(H2,15,16,17,18). The molecule has 0 aliphatic carbocycles. The van der Waals surface area contributed by atoms with Crippen molar-refractivity contribution in [2.75, 3.05) is 24.8 Å². The fourth-order valence-corrected chi connectivity index (χ4v) is 1.60. The Morgan fingerprint density at radius 1 is 1.32 bits per heavy atom. The first-order valence-electron chi connectivity index (χ1n) is 5.63. The van der Waals surface area contributed by atoms with Crippen LogP contribution in [0.2, 0.25) is 0 Å². The molecular formula is C13H13N5O. The van der Waals surface area contributed by atoms with Gasteiger partial charge in [0.2, 0.25) is 5.95 Å². The number of benzene rings is 1. The molecule has 0 atom stereocenters. The molecule has 0 aliphatic heterocycles. The zero-order valence-electron chi connectivity index (χ0n) is 10.6. The molecule has 6 nitrogen and oxygen atoms in total. The largest absolute Gasteiger partial charge is 0.495 e. The lowest BCUT2D eigenvalue weighted by molar-refractivity contribution is 0.416. The highest BCUT2D eigenvalue weighted by Crippen LogP contribution is 2.30. The van der Waals surface area contributed by atoms with Gasteiger partial charge in [-0.15, -0.1) is 0 Å². The lowest BCUT2D eigenvalue weighted by atomic mass is 10.2. The highest BCUT2D eigenvalue weighted by Gasteiger charge is 2.09. The van der Waals surface area contributed by atoms with Crippen LogP contribution in [0, 0.1) is 11.3 Å². The summed E-state index contributed by atoms with van der Waals surface area (Å²) in [7, 11) is 3.30. The molecule has 0 radical (unpaired) electrons. The summed E-state index contributed by atoms with van der Waals surface area (Å²) in [5.41, 5.74) is 1.08. The van der Waals surface area contributed by atoms with Gasteiger partial charge in [-0.3, -0.25) is 0 Å². The summed E-state index contributed by atoms with van der Waals surface area (Å²) >= 11 is 0. The van der Waals surface area contributed by atoms with Crippen LogP contribution < -0.4 is 15.4 Å². The molecular weight excluding hydrogens is 242 g/mol. The minimum absolute atomic E-state index is 0.490. The third kappa shape index (κ3) is 2.72. The van der Waals surface area contributed by atoms with E-state index in [1.54, 1.807) is 44.6 Å². The molecule has 0 aliphatic rings. The van der Waals surface area contributed by atoms with Crippen molar-refractivity contribution in [3.05, 3.63) is 36.0 Å². The number of para-hydroxylation sites is 1. The number of methoxy groups -OCH3 is 1. The van der Waals surface area contributed by atoms with Crippen molar-refractivity contribution in [1.29, 1.82) is 5.26 Å². The molecule has 19 heavy (non-hydrogen) atoms. The lowest BCUT2D eigenvalue weighted by Gasteiger charge is -2.12. The van der Waals surface area contributed by atoms with Gasteiger partial charge in [-0.2, -0.15) is 10.2 Å². The van der Waals surface area contributed by atoms with Gasteiger partial charge in [-0.05, 0) is 18.2 Å². The fraction of sp³-hybridized carbons (Fsp3) is 0.154. The van der Waals surface area contributed by atoms with E-state index in [2.05, 4.69) is 26.7 Å². The van der Waals surface area contributed by atoms with E-state index in [1.165, 1.54) is 0 Å². The van der Waals surface area contributed by atoms with E-state index in [0.29, 0.717) is 28.8 Å². The minimum atomic E-state index is 0.490. The minimum Gasteiger partial charge on any atom is -0.495 e. The molecule has 1 heterocycles. The van der Waals surface area contributed by atoms with Crippen LogP contribution >= 0.6 is 0 Å². The molecule has 2 N–H and O–H groups in total. The molecule has 0 spiro atoms. The third-order valence-electron chi connectivity index (χ3n) is 2.50. The first-order valence-corrected chi connectivity index (χ1v) is 5.63. The zero-order valence-corrected chi connectivity index (χ0v) is 10.6. The van der Waals surface area contributed by atoms with Crippen LogP contribution in [0.5, 0.6) is 5.75 Å². The number of hydrogen-bond donors (Lipinski definition) is 2. The van der Waals surface area contributed by atoms with E-state index in [1.807, 2.05) is 0 Å². The van der Waals surface area contributed by atoms with Gasteiger partial charge >= 0.3 is 0 Å². The van der Waals surface area contributed by atoms with E-state index >= 15 is 0 Å². The normalized spacial score (nSPS) is 9.53. The van der Waals surface area contributed by atoms with Gasteiger partial charge in [0.25, 0.3) is 0 Å². The number of nitriles is 1. The van der Waals surface area contributed by atoms with Gasteiger partial charge in [-0.1, -0.05) is 6.07 Å². The predicted molar refractivity (Wildman–Crippen MR) is 72.6 cm³/mol. The zero-order chi connectivity index (χ0) is 13.7. The molecule has 0 saturated heterocycles. The van der Waals surface area contributed by atoms with Crippen molar-refractivity contribution in [2.24, 2.45) is 0 Å². The first-order chi connectivity index (χ1) is 9.28. The van der Waals surface area contributed by atoms with E-state index in [0.717, 1.165) is 0 Å². The smallest absolute Gasteiger partial charge is 0.224 e. The van der Waals surface area contributed by atoms with Gasteiger partial charge in [0.15, 0.2) is 0 Å². The molecule has 6 heteroatoms. The topological polar surface area (TPSA) is 82.9 Å². The number of aromatic nitrogens is 2. The van der Waals surface area contributed by atoms with E-state index in [9.17, 15) is 0 Å². The lowest BCUT2D eigenvalue weighted by Crippen LogP contribution is -2.02. The van der Waals surface area contributed by atoms with E-state index in [4.69, 9.17) is 10.00 Å². The van der Waals surface area contributed by atoms with Gasteiger partial charge in [-0.25, -0.2) is 4.98 Å². The van der Waals surface area contributed by atoms with Crippen molar-refractivity contribution in [1.82, 2.24) is 9.97 Å². The van der Waals surface area contributed by atoms with Gasteiger partial charge in [0.1, 0.15) is 23.3 Å². The van der Waals surface area contributed by atoms with Crippen LogP contribution in [-0.2, 0) is 0 Å². The molecule has 2 aromatic rings. The molecule has 0 amide bonds. The van der Waals surface area contributed by atoms with Crippen molar-refractivity contribution in [2.45, 2.75) is 0 Å². The summed E-state index contributed by atoms with van der Waals surface area (Å²) < 4.78 is 5.24. The maximum absolute atomic E-state index is 9.13. The Morgan fingerprint density at radius 2 is 2.16 bits per heavy atom. The second-order valence-corrected chi connectivity index (χ2v) is 3.64. The average Bonchev–Trinajstić information content (AvgIpc) is 2.47. The number of rotatable bonds is 4. The monoisotopic (exact) mass is 255 g/mol. The van der Waals surface area contributed by atoms with Crippen LogP contribution in [0.25, 0.3) is 0 Å². The Hall–Kier alpha value is -2.81. The van der Waals surface area contributed by atoms with Crippen LogP contribution in [0.15, 0.2) is 30.5 Å². The van der Waals surface area contributed by atoms with E-state index in [-0.39, 0.29) is 0 Å². The van der Waals surface area contributed by atoms with Crippen molar-refractivity contribution >= 4 is 17.5 Å². The molecule has 0 unspecified atom stereocenters. The molecule has 0 bridgehead atoms. The predicted octanol–water partition coefficient (Wildman–Crippen LogP) is 2.14. The summed E-state index contributed by atoms with van der Waals surface area (Å²) in [6.07, 6.45) is 1.63. The maximum Gasteiger partial charge on any atom is 0.224 e. The summed E-state index contributed by atoms with van der Waals surface area (Å²) in [5.74, 6) is 1.67. The number of ether oxygens (including phenoxy) is 1. The number of nitrogens with zero attached hydrogens (tertiary/aromatic N) is 3. The number of hydrogen-bond acceptors (Lipinski definition) is 6. The maximum atomic E-state index is 9.13. The third-order valence-corrected chi connectivity index (χ3v) is 2.50. The average molecular weight is 255 g/mol. The molecule has 1 aromatic carbocycles. The van der Waals surface area contributed by atoms with Gasteiger partial charge < -0.3 is 15.4 Å². The number of anilines is 3. The quantitative estimate of drug-likeness (QED) is 0.871. The van der Waals surface area contributed by atoms with E-state index < -0.39 is 0 Å². The first kappa shape index (κ1) is 12.6. The second kappa shape index (κ2) is 5.69. The molecule has 96 valence electrons.